The summed E-state index contributed by atoms with van der Waals surface area (Å²) in [4.78, 5) is 6.44. The summed E-state index contributed by atoms with van der Waals surface area (Å²) in [5.41, 5.74) is 2.19. The van der Waals surface area contributed by atoms with Crippen LogP contribution in [0.5, 0.6) is 0 Å². The average Bonchev–Trinajstić information content (AvgIpc) is 3.16. The highest BCUT2D eigenvalue weighted by molar-refractivity contribution is 5.30. The molecule has 0 fully saturated rings. The van der Waals surface area contributed by atoms with Gasteiger partial charge in [-0.2, -0.15) is 10.1 Å². The van der Waals surface area contributed by atoms with E-state index in [1.807, 2.05) is 61.4 Å². The molecular formula is C16H19N5O. The summed E-state index contributed by atoms with van der Waals surface area (Å²) in [5, 5.41) is 8.26. The van der Waals surface area contributed by atoms with E-state index in [-0.39, 0.29) is 6.04 Å². The van der Waals surface area contributed by atoms with Crippen LogP contribution in [0.4, 0.5) is 0 Å². The van der Waals surface area contributed by atoms with Crippen molar-refractivity contribution in [3.63, 3.8) is 0 Å². The van der Waals surface area contributed by atoms with Crippen molar-refractivity contribution in [3.8, 4) is 5.69 Å². The second kappa shape index (κ2) is 6.11. The predicted octanol–water partition coefficient (Wildman–Crippen LogP) is 2.76. The Labute approximate surface area is 129 Å². The molecule has 3 aromatic rings. The Bertz CT molecular complexity index is 734. The van der Waals surface area contributed by atoms with E-state index < -0.39 is 0 Å². The Hall–Kier alpha value is -2.47. The molecular weight excluding hydrogens is 278 g/mol. The lowest BCUT2D eigenvalue weighted by Gasteiger charge is -2.20. The highest BCUT2D eigenvalue weighted by Gasteiger charge is 2.18. The van der Waals surface area contributed by atoms with Gasteiger partial charge in [-0.25, -0.2) is 4.68 Å². The van der Waals surface area contributed by atoms with Gasteiger partial charge in [-0.05, 0) is 33.0 Å². The van der Waals surface area contributed by atoms with Gasteiger partial charge in [0, 0.05) is 18.3 Å². The van der Waals surface area contributed by atoms with Gasteiger partial charge >= 0.3 is 0 Å². The second-order valence-corrected chi connectivity index (χ2v) is 5.40. The number of aryl methyl sites for hydroxylation is 1. The van der Waals surface area contributed by atoms with Crippen molar-refractivity contribution >= 4 is 0 Å². The summed E-state index contributed by atoms with van der Waals surface area (Å²) < 4.78 is 7.12. The Morgan fingerprint density at radius 1 is 1.27 bits per heavy atom. The molecule has 0 saturated heterocycles. The van der Waals surface area contributed by atoms with Crippen LogP contribution in [0.1, 0.15) is 30.2 Å². The highest BCUT2D eigenvalue weighted by atomic mass is 16.5. The summed E-state index contributed by atoms with van der Waals surface area (Å²) >= 11 is 0. The number of rotatable bonds is 5. The summed E-state index contributed by atoms with van der Waals surface area (Å²) in [6, 6.07) is 10.1. The Morgan fingerprint density at radius 3 is 2.73 bits per heavy atom. The summed E-state index contributed by atoms with van der Waals surface area (Å²) in [5.74, 6) is 1.29. The first-order valence-electron chi connectivity index (χ1n) is 7.23. The maximum absolute atomic E-state index is 5.24. The molecule has 114 valence electrons. The fourth-order valence-electron chi connectivity index (χ4n) is 2.26. The van der Waals surface area contributed by atoms with Gasteiger partial charge in [-0.1, -0.05) is 23.4 Å². The van der Waals surface area contributed by atoms with Gasteiger partial charge in [0.2, 0.25) is 5.89 Å². The molecule has 0 radical (unpaired) electrons. The van der Waals surface area contributed by atoms with E-state index in [4.69, 9.17) is 4.52 Å². The normalized spacial score (nSPS) is 12.7. The number of benzene rings is 1. The zero-order valence-electron chi connectivity index (χ0n) is 13.0. The quantitative estimate of drug-likeness (QED) is 0.724. The van der Waals surface area contributed by atoms with Gasteiger partial charge in [0.1, 0.15) is 0 Å². The molecule has 0 amide bonds. The number of aromatic nitrogens is 4. The molecule has 0 bridgehead atoms. The zero-order valence-corrected chi connectivity index (χ0v) is 13.0. The monoisotopic (exact) mass is 297 g/mol. The summed E-state index contributed by atoms with van der Waals surface area (Å²) in [6.07, 6.45) is 3.92. The van der Waals surface area contributed by atoms with Gasteiger partial charge in [-0.15, -0.1) is 0 Å². The lowest BCUT2D eigenvalue weighted by atomic mass is 10.2. The van der Waals surface area contributed by atoms with E-state index in [0.717, 1.165) is 17.8 Å². The largest absolute Gasteiger partial charge is 0.338 e. The molecule has 6 nitrogen and oxygen atoms in total. The molecule has 1 atom stereocenters. The smallest absolute Gasteiger partial charge is 0.243 e. The summed E-state index contributed by atoms with van der Waals surface area (Å²) in [6.45, 7) is 4.63. The van der Waals surface area contributed by atoms with Crippen LogP contribution in [0, 0.1) is 6.92 Å². The van der Waals surface area contributed by atoms with E-state index in [2.05, 4.69) is 27.1 Å². The highest BCUT2D eigenvalue weighted by Crippen LogP contribution is 2.19. The Kier molecular flexibility index (Phi) is 4.02. The van der Waals surface area contributed by atoms with Gasteiger partial charge in [-0.3, -0.25) is 4.90 Å². The van der Waals surface area contributed by atoms with Crippen LogP contribution in [0.25, 0.3) is 5.69 Å². The topological polar surface area (TPSA) is 60.0 Å². The van der Waals surface area contributed by atoms with Crippen LogP contribution >= 0.6 is 0 Å². The van der Waals surface area contributed by atoms with Crippen LogP contribution in [0.15, 0.2) is 47.2 Å². The number of hydrogen-bond acceptors (Lipinski definition) is 5. The lowest BCUT2D eigenvalue weighted by Crippen LogP contribution is -2.22. The number of para-hydroxylation sites is 1. The zero-order chi connectivity index (χ0) is 15.5. The number of nitrogens with zero attached hydrogens (tertiary/aromatic N) is 5. The first-order chi connectivity index (χ1) is 10.6. The van der Waals surface area contributed by atoms with Gasteiger partial charge in [0.25, 0.3) is 0 Å². The van der Waals surface area contributed by atoms with Gasteiger partial charge < -0.3 is 4.52 Å². The molecule has 0 unspecified atom stereocenters. The van der Waals surface area contributed by atoms with Crippen LogP contribution in [-0.4, -0.2) is 31.9 Å². The summed E-state index contributed by atoms with van der Waals surface area (Å²) in [7, 11) is 2.03. The average molecular weight is 297 g/mol. The second-order valence-electron chi connectivity index (χ2n) is 5.40. The van der Waals surface area contributed by atoms with E-state index in [0.29, 0.717) is 11.7 Å². The third-order valence-electron chi connectivity index (χ3n) is 3.65. The predicted molar refractivity (Wildman–Crippen MR) is 82.5 cm³/mol. The first-order valence-corrected chi connectivity index (χ1v) is 7.23. The minimum atomic E-state index is 0.0567. The first kappa shape index (κ1) is 14.5. The lowest BCUT2D eigenvalue weighted by molar-refractivity contribution is 0.202. The fourth-order valence-corrected chi connectivity index (χ4v) is 2.26. The molecule has 1 aromatic carbocycles. The van der Waals surface area contributed by atoms with Crippen molar-refractivity contribution in [2.75, 3.05) is 7.05 Å². The van der Waals surface area contributed by atoms with E-state index >= 15 is 0 Å². The minimum Gasteiger partial charge on any atom is -0.338 e. The molecule has 2 aromatic heterocycles. The van der Waals surface area contributed by atoms with E-state index in [9.17, 15) is 0 Å². The molecule has 6 heteroatoms. The third-order valence-corrected chi connectivity index (χ3v) is 3.65. The van der Waals surface area contributed by atoms with Crippen molar-refractivity contribution in [1.29, 1.82) is 0 Å². The Morgan fingerprint density at radius 2 is 2.05 bits per heavy atom. The molecule has 0 aliphatic carbocycles. The van der Waals surface area contributed by atoms with Crippen molar-refractivity contribution in [2.24, 2.45) is 0 Å². The molecule has 0 N–H and O–H groups in total. The molecule has 0 spiro atoms. The molecule has 3 rings (SSSR count). The van der Waals surface area contributed by atoms with E-state index in [1.54, 1.807) is 0 Å². The van der Waals surface area contributed by atoms with Gasteiger partial charge in [0.15, 0.2) is 5.82 Å². The SMILES string of the molecule is Cc1noc([C@H](C)N(C)Cc2cnn(-c3ccccc3)c2)n1. The standard InChI is InChI=1S/C16H19N5O/c1-12(16-18-13(2)19-22-16)20(3)10-14-9-17-21(11-14)15-7-5-4-6-8-15/h4-9,11-12H,10H2,1-3H3/t12-/m0/s1. The van der Waals surface area contributed by atoms with Crippen molar-refractivity contribution in [2.45, 2.75) is 26.4 Å². The minimum absolute atomic E-state index is 0.0567. The maximum atomic E-state index is 5.24. The Balaban J connectivity index is 1.69. The molecule has 0 aliphatic heterocycles. The van der Waals surface area contributed by atoms with Crippen LogP contribution in [0.3, 0.4) is 0 Å². The fraction of sp³-hybridized carbons (Fsp3) is 0.312. The third kappa shape index (κ3) is 3.07. The van der Waals surface area contributed by atoms with Gasteiger partial charge in [0.05, 0.1) is 17.9 Å². The van der Waals surface area contributed by atoms with Crippen LogP contribution in [-0.2, 0) is 6.54 Å². The molecule has 2 heterocycles. The number of hydrogen-bond donors (Lipinski definition) is 0. The van der Waals surface area contributed by atoms with Crippen LogP contribution < -0.4 is 0 Å². The van der Waals surface area contributed by atoms with Crippen molar-refractivity contribution in [3.05, 3.63) is 60.0 Å². The molecule has 0 saturated carbocycles. The van der Waals surface area contributed by atoms with Crippen LogP contribution in [0.2, 0.25) is 0 Å². The van der Waals surface area contributed by atoms with Crippen molar-refractivity contribution < 1.29 is 4.52 Å². The molecule has 22 heavy (non-hydrogen) atoms. The van der Waals surface area contributed by atoms with E-state index in [1.165, 1.54) is 0 Å². The molecule has 0 aliphatic rings. The van der Waals surface area contributed by atoms with Crippen molar-refractivity contribution in [1.82, 2.24) is 24.8 Å². The maximum Gasteiger partial charge on any atom is 0.243 e.